The fraction of sp³-hybridized carbons (Fsp3) is 0.500. The van der Waals surface area contributed by atoms with Crippen LogP contribution in [0.15, 0.2) is 12.1 Å². The van der Waals surface area contributed by atoms with Gasteiger partial charge in [0.2, 0.25) is 5.91 Å². The number of carbonyl (C=O) groups excluding carboxylic acids is 1. The van der Waals surface area contributed by atoms with Crippen LogP contribution in [0, 0.1) is 5.92 Å². The van der Waals surface area contributed by atoms with Gasteiger partial charge in [0.05, 0.1) is 10.3 Å². The topological polar surface area (TPSA) is 57.6 Å². The number of hydrogen-bond acceptors (Lipinski definition) is 3. The van der Waals surface area contributed by atoms with E-state index < -0.39 is 11.9 Å². The number of aryl methyl sites for hydroxylation is 1. The first kappa shape index (κ1) is 15.0. The molecular formula is C12H16ClNO3S. The molecular weight excluding hydrogens is 274 g/mol. The Kier molecular flexibility index (Phi) is 5.62. The van der Waals surface area contributed by atoms with Crippen molar-refractivity contribution < 1.29 is 14.7 Å². The van der Waals surface area contributed by atoms with Crippen molar-refractivity contribution in [3.8, 4) is 0 Å². The Morgan fingerprint density at radius 2 is 2.17 bits per heavy atom. The second kappa shape index (κ2) is 6.75. The smallest absolute Gasteiger partial charge is 0.308 e. The Morgan fingerprint density at radius 1 is 1.50 bits per heavy atom. The lowest BCUT2D eigenvalue weighted by atomic mass is 10.1. The Bertz CT molecular complexity index is 433. The van der Waals surface area contributed by atoms with Crippen LogP contribution >= 0.6 is 22.9 Å². The highest BCUT2D eigenvalue weighted by Crippen LogP contribution is 2.22. The summed E-state index contributed by atoms with van der Waals surface area (Å²) in [5.74, 6) is -1.48. The largest absolute Gasteiger partial charge is 0.481 e. The first-order chi connectivity index (χ1) is 8.40. The van der Waals surface area contributed by atoms with E-state index in [1.807, 2.05) is 12.1 Å². The van der Waals surface area contributed by atoms with Crippen molar-refractivity contribution in [3.05, 3.63) is 21.3 Å². The zero-order chi connectivity index (χ0) is 13.7. The number of amides is 1. The van der Waals surface area contributed by atoms with Gasteiger partial charge in [-0.25, -0.2) is 0 Å². The summed E-state index contributed by atoms with van der Waals surface area (Å²) in [4.78, 5) is 25.0. The molecule has 0 aliphatic rings. The summed E-state index contributed by atoms with van der Waals surface area (Å²) in [5.41, 5.74) is 0. The SMILES string of the molecule is C[C@@H](CN(C)C(=O)CCc1ccc(Cl)s1)C(=O)O. The molecule has 6 heteroatoms. The second-order valence-electron chi connectivity index (χ2n) is 4.22. The minimum Gasteiger partial charge on any atom is -0.481 e. The molecule has 1 heterocycles. The minimum absolute atomic E-state index is 0.0485. The predicted octanol–water partition coefficient (Wildman–Crippen LogP) is 2.51. The number of carboxylic acids is 1. The normalized spacial score (nSPS) is 12.2. The van der Waals surface area contributed by atoms with Crippen LogP contribution in [-0.4, -0.2) is 35.5 Å². The van der Waals surface area contributed by atoms with Gasteiger partial charge < -0.3 is 10.0 Å². The van der Waals surface area contributed by atoms with Crippen molar-refractivity contribution in [2.45, 2.75) is 19.8 Å². The average molecular weight is 290 g/mol. The van der Waals surface area contributed by atoms with Crippen LogP contribution in [0.3, 0.4) is 0 Å². The molecule has 1 atom stereocenters. The molecule has 0 fully saturated rings. The number of rotatable bonds is 6. The Morgan fingerprint density at radius 3 is 2.67 bits per heavy atom. The molecule has 1 aromatic heterocycles. The maximum absolute atomic E-state index is 11.8. The van der Waals surface area contributed by atoms with E-state index >= 15 is 0 Å². The zero-order valence-corrected chi connectivity index (χ0v) is 11.9. The molecule has 1 N–H and O–H groups in total. The van der Waals surface area contributed by atoms with Crippen LogP contribution < -0.4 is 0 Å². The Balaban J connectivity index is 2.38. The van der Waals surface area contributed by atoms with E-state index in [1.54, 1.807) is 14.0 Å². The molecule has 0 unspecified atom stereocenters. The number of carbonyl (C=O) groups is 2. The lowest BCUT2D eigenvalue weighted by Gasteiger charge is -2.19. The molecule has 0 bridgehead atoms. The van der Waals surface area contributed by atoms with Gasteiger partial charge in [-0.2, -0.15) is 0 Å². The van der Waals surface area contributed by atoms with Gasteiger partial charge in [0.25, 0.3) is 0 Å². The first-order valence-electron chi connectivity index (χ1n) is 5.61. The van der Waals surface area contributed by atoms with Crippen LogP contribution in [-0.2, 0) is 16.0 Å². The van der Waals surface area contributed by atoms with Gasteiger partial charge in [-0.05, 0) is 18.6 Å². The molecule has 0 aliphatic heterocycles. The van der Waals surface area contributed by atoms with Crippen LogP contribution in [0.2, 0.25) is 4.34 Å². The van der Waals surface area contributed by atoms with Gasteiger partial charge in [-0.15, -0.1) is 11.3 Å². The molecule has 1 amide bonds. The summed E-state index contributed by atoms with van der Waals surface area (Å²) in [6.07, 6.45) is 1.02. The molecule has 1 aromatic rings. The van der Waals surface area contributed by atoms with E-state index in [9.17, 15) is 9.59 Å². The van der Waals surface area contributed by atoms with Gasteiger partial charge in [-0.3, -0.25) is 9.59 Å². The van der Waals surface area contributed by atoms with Crippen LogP contribution in [0.5, 0.6) is 0 Å². The van der Waals surface area contributed by atoms with E-state index in [2.05, 4.69) is 0 Å². The van der Waals surface area contributed by atoms with E-state index in [0.717, 1.165) is 4.88 Å². The van der Waals surface area contributed by atoms with Gasteiger partial charge >= 0.3 is 5.97 Å². The summed E-state index contributed by atoms with van der Waals surface area (Å²) in [7, 11) is 1.63. The fourth-order valence-corrected chi connectivity index (χ4v) is 2.58. The number of carboxylic acid groups (broad SMARTS) is 1. The highest BCUT2D eigenvalue weighted by atomic mass is 35.5. The van der Waals surface area contributed by atoms with Gasteiger partial charge in [0, 0.05) is 24.9 Å². The van der Waals surface area contributed by atoms with E-state index in [-0.39, 0.29) is 12.5 Å². The van der Waals surface area contributed by atoms with Crippen molar-refractivity contribution in [2.24, 2.45) is 5.92 Å². The second-order valence-corrected chi connectivity index (χ2v) is 6.02. The van der Waals surface area contributed by atoms with Crippen molar-refractivity contribution >= 4 is 34.8 Å². The molecule has 18 heavy (non-hydrogen) atoms. The maximum atomic E-state index is 11.8. The third kappa shape index (κ3) is 4.66. The van der Waals surface area contributed by atoms with Gasteiger partial charge in [0.15, 0.2) is 0 Å². The lowest BCUT2D eigenvalue weighted by molar-refractivity contribution is -0.142. The van der Waals surface area contributed by atoms with E-state index in [4.69, 9.17) is 16.7 Å². The molecule has 1 rings (SSSR count). The summed E-state index contributed by atoms with van der Waals surface area (Å²) in [5, 5.41) is 8.77. The van der Waals surface area contributed by atoms with Crippen molar-refractivity contribution in [1.82, 2.24) is 4.90 Å². The lowest BCUT2D eigenvalue weighted by Crippen LogP contribution is -2.33. The number of aliphatic carboxylic acids is 1. The van der Waals surface area contributed by atoms with E-state index in [0.29, 0.717) is 17.2 Å². The number of halogens is 1. The summed E-state index contributed by atoms with van der Waals surface area (Å²) in [6.45, 7) is 1.82. The molecule has 0 aliphatic carbocycles. The highest BCUT2D eigenvalue weighted by molar-refractivity contribution is 7.16. The molecule has 0 saturated carbocycles. The molecule has 100 valence electrons. The van der Waals surface area contributed by atoms with Crippen LogP contribution in [0.1, 0.15) is 18.2 Å². The molecule has 0 radical (unpaired) electrons. The number of thiophene rings is 1. The van der Waals surface area contributed by atoms with Crippen molar-refractivity contribution in [2.75, 3.05) is 13.6 Å². The van der Waals surface area contributed by atoms with Crippen molar-refractivity contribution in [3.63, 3.8) is 0 Å². The van der Waals surface area contributed by atoms with Gasteiger partial charge in [-0.1, -0.05) is 18.5 Å². The summed E-state index contributed by atoms with van der Waals surface area (Å²) >= 11 is 7.26. The first-order valence-corrected chi connectivity index (χ1v) is 6.80. The third-order valence-corrected chi connectivity index (χ3v) is 3.90. The van der Waals surface area contributed by atoms with Crippen molar-refractivity contribution in [1.29, 1.82) is 0 Å². The maximum Gasteiger partial charge on any atom is 0.308 e. The molecule has 0 spiro atoms. The Labute approximate surface area is 115 Å². The standard InChI is InChI=1S/C12H16ClNO3S/c1-8(12(16)17)7-14(2)11(15)6-4-9-3-5-10(13)18-9/h3,5,8H,4,6-7H2,1-2H3,(H,16,17)/t8-/m0/s1. The Hall–Kier alpha value is -1.07. The number of nitrogens with zero attached hydrogens (tertiary/aromatic N) is 1. The van der Waals surface area contributed by atoms with Gasteiger partial charge in [0.1, 0.15) is 0 Å². The highest BCUT2D eigenvalue weighted by Gasteiger charge is 2.17. The third-order valence-electron chi connectivity index (χ3n) is 2.61. The minimum atomic E-state index is -0.889. The van der Waals surface area contributed by atoms with Crippen LogP contribution in [0.4, 0.5) is 0 Å². The molecule has 0 saturated heterocycles. The predicted molar refractivity (Wildman–Crippen MR) is 72.1 cm³/mol. The summed E-state index contributed by atoms with van der Waals surface area (Å²) < 4.78 is 0.713. The number of hydrogen-bond donors (Lipinski definition) is 1. The quantitative estimate of drug-likeness (QED) is 0.875. The zero-order valence-electron chi connectivity index (χ0n) is 10.4. The molecule has 0 aromatic carbocycles. The average Bonchev–Trinajstić information content (AvgIpc) is 2.71. The van der Waals surface area contributed by atoms with Crippen LogP contribution in [0.25, 0.3) is 0 Å². The summed E-state index contributed by atoms with van der Waals surface area (Å²) in [6, 6.07) is 3.71. The fourth-order valence-electron chi connectivity index (χ4n) is 1.50. The molecule has 4 nitrogen and oxygen atoms in total. The van der Waals surface area contributed by atoms with E-state index in [1.165, 1.54) is 16.2 Å². The monoisotopic (exact) mass is 289 g/mol.